The molecule has 5 rings (SSSR count). The molecule has 15 heteroatoms. The van der Waals surface area contributed by atoms with Crippen LogP contribution in [0.5, 0.6) is 0 Å². The number of hydrogen-bond donors (Lipinski definition) is 1. The smallest absolute Gasteiger partial charge is 0.335 e. The van der Waals surface area contributed by atoms with E-state index in [1.54, 1.807) is 0 Å². The van der Waals surface area contributed by atoms with Crippen molar-refractivity contribution >= 4 is 64.6 Å². The van der Waals surface area contributed by atoms with Gasteiger partial charge in [-0.25, -0.2) is 14.6 Å². The number of carboxylic acid groups (broad SMARTS) is 1. The van der Waals surface area contributed by atoms with Gasteiger partial charge in [0.15, 0.2) is 0 Å². The van der Waals surface area contributed by atoms with Crippen molar-refractivity contribution in [2.75, 3.05) is 16.8 Å². The molecule has 1 aromatic rings. The van der Waals surface area contributed by atoms with Crippen LogP contribution in [0.25, 0.3) is 5.32 Å². The molecule has 4 heterocycles. The number of carboxylic acids is 1. The second kappa shape index (κ2) is 7.17. The zero-order valence-corrected chi connectivity index (χ0v) is 20.1. The number of carbonyl (C=O) groups is 9. The van der Waals surface area contributed by atoms with Crippen molar-refractivity contribution in [2.45, 2.75) is 0 Å². The van der Waals surface area contributed by atoms with Gasteiger partial charge in [-0.2, -0.15) is 0 Å². The van der Waals surface area contributed by atoms with Gasteiger partial charge >= 0.3 is 5.97 Å². The fraction of sp³-hybridized carbons (Fsp3) is 0.158. The molecule has 1 aromatic carbocycles. The summed E-state index contributed by atoms with van der Waals surface area (Å²) in [5.74, 6) is -11.1. The van der Waals surface area contributed by atoms with Gasteiger partial charge in [0.2, 0.25) is 5.41 Å². The molecule has 0 unspecified atom stereocenters. The summed E-state index contributed by atoms with van der Waals surface area (Å²) < 4.78 is 0. The Labute approximate surface area is 214 Å². The molecule has 0 bridgehead atoms. The summed E-state index contributed by atoms with van der Waals surface area (Å²) in [5.41, 5.74) is -6.56. The minimum absolute atomic E-state index is 0. The minimum atomic E-state index is -2.58. The molecule has 1 N–H and O–H groups in total. The number of nitrogens with zero attached hydrogens (tertiary/aromatic N) is 4. The Morgan fingerprint density at radius 1 is 0.735 bits per heavy atom. The van der Waals surface area contributed by atoms with Crippen LogP contribution in [0, 0.1) is 18.3 Å². The van der Waals surface area contributed by atoms with Crippen molar-refractivity contribution in [3.63, 3.8) is 0 Å². The van der Waals surface area contributed by atoms with Crippen molar-refractivity contribution in [3.8, 4) is 0 Å². The van der Waals surface area contributed by atoms with Crippen LogP contribution in [0.3, 0.4) is 0 Å². The van der Waals surface area contributed by atoms with Crippen LogP contribution in [0.4, 0.5) is 11.4 Å². The summed E-state index contributed by atoms with van der Waals surface area (Å²) >= 11 is 0. The van der Waals surface area contributed by atoms with Gasteiger partial charge in [0, 0.05) is 39.8 Å². The topological polar surface area (TPSA) is 198 Å². The first kappa shape index (κ1) is 25.0. The third-order valence-electron chi connectivity index (χ3n) is 5.86. The quantitative estimate of drug-likeness (QED) is 0.253. The van der Waals surface area contributed by atoms with E-state index in [9.17, 15) is 48.3 Å². The summed E-state index contributed by atoms with van der Waals surface area (Å²) in [6.07, 6.45) is 0. The Morgan fingerprint density at radius 2 is 1.12 bits per heavy atom. The number of anilines is 2. The molecule has 2 spiro atoms. The standard InChI is InChI=1S/C18H8N4O10.CH3.Y/c1-20-11(27)18(12(20)28)15(31)22(16(18)32)7-3-5(8(23)24)2-6(4-7)21-13(29)17(14(21)30)9(25)19-10(17)26;;/h2-4H,1H3,(H2,19,23,24,25,26);1H3;/q;-1;/p-1. The van der Waals surface area contributed by atoms with Gasteiger partial charge in [-0.15, -0.1) is 0 Å². The van der Waals surface area contributed by atoms with Crippen LogP contribution in [0.2, 0.25) is 0 Å². The molecule has 4 fully saturated rings. The molecular weight excluding hydrogens is 533 g/mol. The molecule has 4 aliphatic heterocycles. The van der Waals surface area contributed by atoms with E-state index in [4.69, 9.17) is 0 Å². The second-order valence-corrected chi connectivity index (χ2v) is 7.33. The van der Waals surface area contributed by atoms with E-state index < -0.39 is 81.0 Å². The Hall–Kier alpha value is -3.65. The van der Waals surface area contributed by atoms with Crippen molar-refractivity contribution < 1.29 is 81.0 Å². The van der Waals surface area contributed by atoms with Crippen LogP contribution in [-0.4, -0.2) is 70.3 Å². The minimum Gasteiger partial charge on any atom is -0.592 e. The summed E-state index contributed by atoms with van der Waals surface area (Å²) in [4.78, 5) is 110. The first-order valence-electron chi connectivity index (χ1n) is 8.73. The number of hydrogen-bond acceptors (Lipinski definition) is 9. The molecule has 0 aromatic heterocycles. The predicted octanol–water partition coefficient (Wildman–Crippen LogP) is -2.01. The van der Waals surface area contributed by atoms with E-state index in [0.29, 0.717) is 14.7 Å². The van der Waals surface area contributed by atoms with Gasteiger partial charge in [0.1, 0.15) is 0 Å². The first-order chi connectivity index (χ1) is 14.9. The van der Waals surface area contributed by atoms with Crippen molar-refractivity contribution in [1.29, 1.82) is 0 Å². The molecular formula is C19H10N4O10Y-2. The zero-order valence-electron chi connectivity index (χ0n) is 17.2. The molecule has 0 aliphatic carbocycles. The van der Waals surface area contributed by atoms with Crippen molar-refractivity contribution in [2.24, 2.45) is 10.8 Å². The summed E-state index contributed by atoms with van der Waals surface area (Å²) in [5, 5.41) is 12.3. The zero-order chi connectivity index (χ0) is 23.5. The average molecular weight is 543 g/mol. The summed E-state index contributed by atoms with van der Waals surface area (Å²) in [6, 6.07) is 2.60. The van der Waals surface area contributed by atoms with Gasteiger partial charge in [-0.3, -0.25) is 33.7 Å². The van der Waals surface area contributed by atoms with E-state index in [1.165, 1.54) is 0 Å². The van der Waals surface area contributed by atoms with Crippen LogP contribution < -0.4 is 9.80 Å². The van der Waals surface area contributed by atoms with Gasteiger partial charge < -0.3 is 27.4 Å². The third-order valence-corrected chi connectivity index (χ3v) is 5.86. The summed E-state index contributed by atoms with van der Waals surface area (Å²) in [6.45, 7) is 0. The molecule has 4 saturated heterocycles. The summed E-state index contributed by atoms with van der Waals surface area (Å²) in [7, 11) is 1.08. The Kier molecular flexibility index (Phi) is 5.27. The maximum Gasteiger partial charge on any atom is 0.335 e. The van der Waals surface area contributed by atoms with Crippen molar-refractivity contribution in [3.05, 3.63) is 36.5 Å². The first-order valence-corrected chi connectivity index (χ1v) is 8.73. The number of carbonyl (C=O) groups excluding carboxylic acids is 8. The molecule has 4 aliphatic rings. The fourth-order valence-electron chi connectivity index (χ4n) is 4.04. The molecule has 34 heavy (non-hydrogen) atoms. The molecule has 14 nitrogen and oxygen atoms in total. The second-order valence-electron chi connectivity index (χ2n) is 7.33. The third kappa shape index (κ3) is 2.29. The number of β-lactam (4-membered cyclic amide) rings is 8. The fourth-order valence-corrected chi connectivity index (χ4v) is 4.04. The SMILES string of the molecule is CN1C(=O)C2(C1=O)C(=O)N(c1cc(C(=O)O)cc(N3C(=O)C4(C(=O)[N-]C4=O)C3=O)c1)C2=O.[CH3-].[Y]. The van der Waals surface area contributed by atoms with Crippen LogP contribution in [0.15, 0.2) is 18.2 Å². The molecule has 0 saturated carbocycles. The Morgan fingerprint density at radius 3 is 1.47 bits per heavy atom. The van der Waals surface area contributed by atoms with Gasteiger partial charge in [0.05, 0.1) is 28.8 Å². The van der Waals surface area contributed by atoms with E-state index in [1.807, 2.05) is 0 Å². The van der Waals surface area contributed by atoms with Crippen LogP contribution in [-0.2, 0) is 71.1 Å². The largest absolute Gasteiger partial charge is 0.592 e. The average Bonchev–Trinajstić information content (AvgIpc) is 2.73. The predicted molar refractivity (Wildman–Crippen MR) is 101 cm³/mol. The maximum absolute atomic E-state index is 12.6. The normalized spacial score (nSPS) is 21.3. The van der Waals surface area contributed by atoms with E-state index in [0.717, 1.165) is 25.2 Å². The molecule has 8 amide bonds. The number of rotatable bonds is 3. The van der Waals surface area contributed by atoms with Crippen LogP contribution in [0.1, 0.15) is 10.4 Å². The van der Waals surface area contributed by atoms with Crippen LogP contribution >= 0.6 is 0 Å². The van der Waals surface area contributed by atoms with Gasteiger partial charge in [0.25, 0.3) is 40.9 Å². The molecule has 0 atom stereocenters. The number of amides is 8. The van der Waals surface area contributed by atoms with Gasteiger partial charge in [-0.1, -0.05) is 0 Å². The number of benzene rings is 1. The van der Waals surface area contributed by atoms with Gasteiger partial charge in [-0.05, 0) is 18.2 Å². The van der Waals surface area contributed by atoms with E-state index in [2.05, 4.69) is 5.32 Å². The maximum atomic E-state index is 12.6. The Balaban J connectivity index is 0.00000162. The Bertz CT molecular complexity index is 1270. The number of imide groups is 4. The number of likely N-dealkylation sites (tertiary alicyclic amines) is 1. The van der Waals surface area contributed by atoms with Crippen molar-refractivity contribution in [1.82, 2.24) is 4.90 Å². The van der Waals surface area contributed by atoms with E-state index >= 15 is 0 Å². The molecule has 1 radical (unpaired) electrons. The molecule has 171 valence electrons. The van der Waals surface area contributed by atoms with E-state index in [-0.39, 0.29) is 40.1 Å². The monoisotopic (exact) mass is 543 g/mol. The number of aromatic carboxylic acids is 1.